The molecule has 3 nitrogen and oxygen atoms in total. The van der Waals surface area contributed by atoms with Crippen molar-refractivity contribution in [3.8, 4) is 11.3 Å². The zero-order chi connectivity index (χ0) is 14.3. The van der Waals surface area contributed by atoms with E-state index in [0.29, 0.717) is 10.6 Å². The fraction of sp³-hybridized carbons (Fsp3) is 0.188. The van der Waals surface area contributed by atoms with Crippen LogP contribution in [0.5, 0.6) is 0 Å². The maximum atomic E-state index is 11.8. The van der Waals surface area contributed by atoms with Gasteiger partial charge in [-0.15, -0.1) is 11.3 Å². The first-order valence-electron chi connectivity index (χ1n) is 6.27. The number of ether oxygens (including phenoxy) is 1. The Kier molecular flexibility index (Phi) is 3.10. The Morgan fingerprint density at radius 1 is 1.25 bits per heavy atom. The molecule has 0 spiro atoms. The van der Waals surface area contributed by atoms with Crippen LogP contribution in [0.15, 0.2) is 34.1 Å². The van der Waals surface area contributed by atoms with Crippen molar-refractivity contribution in [2.24, 2.45) is 0 Å². The molecule has 4 heteroatoms. The lowest BCUT2D eigenvalue weighted by molar-refractivity contribution is 0.0607. The molecule has 0 N–H and O–H groups in total. The summed E-state index contributed by atoms with van der Waals surface area (Å²) in [5, 5.41) is 2.99. The lowest BCUT2D eigenvalue weighted by Gasteiger charge is -2.00. The quantitative estimate of drug-likeness (QED) is 0.648. The number of thiophene rings is 1. The standard InChI is InChI=1S/C16H14O3S/c1-9-5-4-6-11-7-12(19-14(9)11)13-10(2)8-20-15(13)16(17)18-3/h4-8H,1-3H3. The summed E-state index contributed by atoms with van der Waals surface area (Å²) in [5.74, 6) is 0.392. The number of fused-ring (bicyclic) bond motifs is 1. The Balaban J connectivity index is 2.23. The molecule has 0 saturated carbocycles. The molecule has 0 bridgehead atoms. The minimum atomic E-state index is -0.324. The second-order valence-corrected chi connectivity index (χ2v) is 5.60. The summed E-state index contributed by atoms with van der Waals surface area (Å²) < 4.78 is 10.8. The first-order valence-corrected chi connectivity index (χ1v) is 7.15. The fourth-order valence-electron chi connectivity index (χ4n) is 2.33. The van der Waals surface area contributed by atoms with Crippen molar-refractivity contribution in [2.75, 3.05) is 7.11 Å². The van der Waals surface area contributed by atoms with Gasteiger partial charge < -0.3 is 9.15 Å². The van der Waals surface area contributed by atoms with E-state index in [1.165, 1.54) is 18.4 Å². The van der Waals surface area contributed by atoms with Crippen molar-refractivity contribution >= 4 is 28.3 Å². The highest BCUT2D eigenvalue weighted by molar-refractivity contribution is 7.12. The third kappa shape index (κ3) is 1.93. The summed E-state index contributed by atoms with van der Waals surface area (Å²) in [6, 6.07) is 7.99. The maximum absolute atomic E-state index is 11.8. The van der Waals surface area contributed by atoms with Crippen LogP contribution in [0, 0.1) is 13.8 Å². The molecule has 3 aromatic rings. The number of methoxy groups -OCH3 is 1. The molecule has 1 aromatic carbocycles. The fourth-order valence-corrected chi connectivity index (χ4v) is 3.30. The van der Waals surface area contributed by atoms with E-state index in [1.807, 2.05) is 43.5 Å². The normalized spacial score (nSPS) is 10.9. The molecule has 20 heavy (non-hydrogen) atoms. The summed E-state index contributed by atoms with van der Waals surface area (Å²) in [5.41, 5.74) is 3.80. The molecule has 0 aliphatic carbocycles. The molecule has 2 aromatic heterocycles. The molecule has 2 heterocycles. The Bertz CT molecular complexity index is 795. The zero-order valence-electron chi connectivity index (χ0n) is 11.5. The number of esters is 1. The van der Waals surface area contributed by atoms with Gasteiger partial charge >= 0.3 is 5.97 Å². The van der Waals surface area contributed by atoms with Crippen LogP contribution in [-0.4, -0.2) is 13.1 Å². The highest BCUT2D eigenvalue weighted by Crippen LogP contribution is 2.37. The molecule has 0 saturated heterocycles. The summed E-state index contributed by atoms with van der Waals surface area (Å²) in [6.45, 7) is 3.98. The van der Waals surface area contributed by atoms with Crippen molar-refractivity contribution in [3.63, 3.8) is 0 Å². The molecule has 0 amide bonds. The Labute approximate surface area is 120 Å². The number of carbonyl (C=O) groups is 1. The number of hydrogen-bond acceptors (Lipinski definition) is 4. The monoisotopic (exact) mass is 286 g/mol. The summed E-state index contributed by atoms with van der Waals surface area (Å²) in [6.07, 6.45) is 0. The van der Waals surface area contributed by atoms with E-state index >= 15 is 0 Å². The van der Waals surface area contributed by atoms with E-state index in [1.54, 1.807) is 0 Å². The molecule has 0 radical (unpaired) electrons. The van der Waals surface area contributed by atoms with Crippen molar-refractivity contribution in [1.82, 2.24) is 0 Å². The summed E-state index contributed by atoms with van der Waals surface area (Å²) >= 11 is 1.38. The molecule has 0 fully saturated rings. The average molecular weight is 286 g/mol. The van der Waals surface area contributed by atoms with Gasteiger partial charge in [-0.3, -0.25) is 0 Å². The molecule has 102 valence electrons. The summed E-state index contributed by atoms with van der Waals surface area (Å²) in [7, 11) is 1.39. The first kappa shape index (κ1) is 12.9. The van der Waals surface area contributed by atoms with Gasteiger partial charge in [-0.1, -0.05) is 18.2 Å². The highest BCUT2D eigenvalue weighted by atomic mass is 32.1. The maximum Gasteiger partial charge on any atom is 0.348 e. The first-order chi connectivity index (χ1) is 9.61. The van der Waals surface area contributed by atoms with Crippen LogP contribution in [-0.2, 0) is 4.74 Å². The third-order valence-electron chi connectivity index (χ3n) is 3.33. The van der Waals surface area contributed by atoms with Crippen LogP contribution in [0.25, 0.3) is 22.3 Å². The Morgan fingerprint density at radius 2 is 2.05 bits per heavy atom. The average Bonchev–Trinajstić information content (AvgIpc) is 3.02. The van der Waals surface area contributed by atoms with Gasteiger partial charge in [-0.2, -0.15) is 0 Å². The smallest absolute Gasteiger partial charge is 0.348 e. The van der Waals surface area contributed by atoms with Gasteiger partial charge in [-0.05, 0) is 36.4 Å². The lowest BCUT2D eigenvalue weighted by Crippen LogP contribution is -1.99. The predicted molar refractivity (Wildman–Crippen MR) is 80.3 cm³/mol. The number of hydrogen-bond donors (Lipinski definition) is 0. The number of para-hydroxylation sites is 1. The van der Waals surface area contributed by atoms with Crippen LogP contribution >= 0.6 is 11.3 Å². The van der Waals surface area contributed by atoms with Crippen molar-refractivity contribution in [3.05, 3.63) is 45.6 Å². The second kappa shape index (κ2) is 4.80. The summed E-state index contributed by atoms with van der Waals surface area (Å²) in [4.78, 5) is 12.4. The van der Waals surface area contributed by atoms with Crippen molar-refractivity contribution < 1.29 is 13.9 Å². The van der Waals surface area contributed by atoms with Gasteiger partial charge in [0, 0.05) is 10.9 Å². The van der Waals surface area contributed by atoms with Gasteiger partial charge in [-0.25, -0.2) is 4.79 Å². The van der Waals surface area contributed by atoms with Crippen LogP contribution in [0.2, 0.25) is 0 Å². The van der Waals surface area contributed by atoms with E-state index in [4.69, 9.17) is 9.15 Å². The van der Waals surface area contributed by atoms with Crippen LogP contribution in [0.1, 0.15) is 20.8 Å². The van der Waals surface area contributed by atoms with Gasteiger partial charge in [0.05, 0.1) is 7.11 Å². The molecule has 0 aliphatic rings. The van der Waals surface area contributed by atoms with Crippen molar-refractivity contribution in [2.45, 2.75) is 13.8 Å². The number of aryl methyl sites for hydroxylation is 2. The van der Waals surface area contributed by atoms with Gasteiger partial charge in [0.2, 0.25) is 0 Å². The van der Waals surface area contributed by atoms with E-state index in [0.717, 1.165) is 27.7 Å². The van der Waals surface area contributed by atoms with Crippen LogP contribution < -0.4 is 0 Å². The topological polar surface area (TPSA) is 39.4 Å². The molecular formula is C16H14O3S. The van der Waals surface area contributed by atoms with E-state index in [2.05, 4.69) is 0 Å². The van der Waals surface area contributed by atoms with Crippen LogP contribution in [0.4, 0.5) is 0 Å². The largest absolute Gasteiger partial charge is 0.465 e. The molecule has 0 unspecified atom stereocenters. The van der Waals surface area contributed by atoms with Gasteiger partial charge in [0.15, 0.2) is 0 Å². The number of furan rings is 1. The number of benzene rings is 1. The number of carbonyl (C=O) groups excluding carboxylic acids is 1. The lowest BCUT2D eigenvalue weighted by atomic mass is 10.1. The van der Waals surface area contributed by atoms with Gasteiger partial charge in [0.25, 0.3) is 0 Å². The Morgan fingerprint density at radius 3 is 2.75 bits per heavy atom. The van der Waals surface area contributed by atoms with E-state index in [9.17, 15) is 4.79 Å². The van der Waals surface area contributed by atoms with E-state index < -0.39 is 0 Å². The molecule has 0 aliphatic heterocycles. The zero-order valence-corrected chi connectivity index (χ0v) is 12.3. The molecule has 0 atom stereocenters. The minimum absolute atomic E-state index is 0.324. The Hall–Kier alpha value is -2.07. The van der Waals surface area contributed by atoms with Gasteiger partial charge in [0.1, 0.15) is 16.2 Å². The minimum Gasteiger partial charge on any atom is -0.465 e. The molecule has 3 rings (SSSR count). The predicted octanol–water partition coefficient (Wildman–Crippen LogP) is 4.56. The SMILES string of the molecule is COC(=O)c1scc(C)c1-c1cc2cccc(C)c2o1. The van der Waals surface area contributed by atoms with Crippen molar-refractivity contribution in [1.29, 1.82) is 0 Å². The highest BCUT2D eigenvalue weighted by Gasteiger charge is 2.21. The second-order valence-electron chi connectivity index (χ2n) is 4.72. The third-order valence-corrected chi connectivity index (χ3v) is 4.41. The van der Waals surface area contributed by atoms with Crippen LogP contribution in [0.3, 0.4) is 0 Å². The molecular weight excluding hydrogens is 272 g/mol. The van der Waals surface area contributed by atoms with E-state index in [-0.39, 0.29) is 5.97 Å². The number of rotatable bonds is 2.